The van der Waals surface area contributed by atoms with E-state index >= 15 is 0 Å². The summed E-state index contributed by atoms with van der Waals surface area (Å²) in [5.74, 6) is 3.23. The van der Waals surface area contributed by atoms with E-state index in [2.05, 4.69) is 20.3 Å². The van der Waals surface area contributed by atoms with Crippen LogP contribution in [0.5, 0.6) is 5.75 Å². The number of nitrogens with two attached hydrogens (primary N) is 1. The number of para-hydroxylation sites is 1. The molecule has 1 aliphatic heterocycles. The number of piperidine rings is 1. The minimum Gasteiger partial charge on any atom is -0.494 e. The molecule has 39 heavy (non-hydrogen) atoms. The van der Waals surface area contributed by atoms with Crippen molar-refractivity contribution < 1.29 is 4.74 Å². The molecule has 2 aliphatic carbocycles. The van der Waals surface area contributed by atoms with Crippen LogP contribution in [-0.2, 0) is 0 Å². The molecule has 1 saturated heterocycles. The number of anilines is 2. The molecule has 0 atom stereocenters. The Morgan fingerprint density at radius 2 is 1.69 bits per heavy atom. The molecule has 0 amide bonds. The highest BCUT2D eigenvalue weighted by molar-refractivity contribution is 5.84. The molecule has 9 nitrogen and oxygen atoms in total. The highest BCUT2D eigenvalue weighted by Gasteiger charge is 2.25. The van der Waals surface area contributed by atoms with Crippen LogP contribution in [0.3, 0.4) is 0 Å². The van der Waals surface area contributed by atoms with Crippen LogP contribution in [0.15, 0.2) is 36.7 Å². The van der Waals surface area contributed by atoms with Crippen LogP contribution in [0, 0.1) is 5.92 Å². The van der Waals surface area contributed by atoms with Gasteiger partial charge in [-0.25, -0.2) is 9.99 Å². The first-order chi connectivity index (χ1) is 19.2. The standard InChI is InChI=1S/C30H44N8O/c31-23-12-14-24(15-13-23)33-30-34-28(27-29(35-30)38(21-32-27)25-8-4-5-9-25)36-37-18-16-22(17-19-37)7-6-20-39-26-10-2-1-3-11-26/h1-3,10-11,21-25H,4-9,12-20,31H2,(H2,33,34,35,36). The second-order valence-corrected chi connectivity index (χ2v) is 11.8. The number of rotatable bonds is 10. The monoisotopic (exact) mass is 532 g/mol. The van der Waals surface area contributed by atoms with Crippen LogP contribution in [0.4, 0.5) is 11.8 Å². The maximum Gasteiger partial charge on any atom is 0.227 e. The third-order valence-electron chi connectivity index (χ3n) is 8.89. The van der Waals surface area contributed by atoms with E-state index in [0.717, 1.165) is 80.4 Å². The zero-order valence-electron chi connectivity index (χ0n) is 23.1. The van der Waals surface area contributed by atoms with Gasteiger partial charge in [-0.05, 0) is 82.3 Å². The van der Waals surface area contributed by atoms with Crippen molar-refractivity contribution in [3.63, 3.8) is 0 Å². The second kappa shape index (κ2) is 12.5. The Morgan fingerprint density at radius 3 is 2.46 bits per heavy atom. The molecule has 0 unspecified atom stereocenters. The predicted octanol–water partition coefficient (Wildman–Crippen LogP) is 5.52. The fraction of sp³-hybridized carbons (Fsp3) is 0.633. The molecule has 4 N–H and O–H groups in total. The quantitative estimate of drug-likeness (QED) is 0.293. The highest BCUT2D eigenvalue weighted by Crippen LogP contribution is 2.34. The van der Waals surface area contributed by atoms with Crippen molar-refractivity contribution in [2.75, 3.05) is 30.4 Å². The summed E-state index contributed by atoms with van der Waals surface area (Å²) >= 11 is 0. The van der Waals surface area contributed by atoms with Gasteiger partial charge in [-0.1, -0.05) is 31.0 Å². The van der Waals surface area contributed by atoms with Crippen LogP contribution < -0.4 is 21.2 Å². The number of fused-ring (bicyclic) bond motifs is 1. The van der Waals surface area contributed by atoms with Crippen molar-refractivity contribution in [1.82, 2.24) is 24.5 Å². The first-order valence-corrected chi connectivity index (χ1v) is 15.2. The largest absolute Gasteiger partial charge is 0.494 e. The minimum absolute atomic E-state index is 0.326. The van der Waals surface area contributed by atoms with Crippen molar-refractivity contribution in [2.45, 2.75) is 95.2 Å². The summed E-state index contributed by atoms with van der Waals surface area (Å²) in [5.41, 5.74) is 11.6. The van der Waals surface area contributed by atoms with Gasteiger partial charge in [-0.15, -0.1) is 0 Å². The van der Waals surface area contributed by atoms with E-state index in [1.165, 1.54) is 44.9 Å². The lowest BCUT2D eigenvalue weighted by atomic mass is 9.92. The van der Waals surface area contributed by atoms with Gasteiger partial charge in [0.1, 0.15) is 5.75 Å². The average Bonchev–Trinajstić information content (AvgIpc) is 3.64. The summed E-state index contributed by atoms with van der Waals surface area (Å²) in [6.45, 7) is 2.79. The van der Waals surface area contributed by atoms with Crippen LogP contribution >= 0.6 is 0 Å². The zero-order valence-corrected chi connectivity index (χ0v) is 23.1. The number of nitrogens with zero attached hydrogens (tertiary/aromatic N) is 5. The Morgan fingerprint density at radius 1 is 0.923 bits per heavy atom. The smallest absolute Gasteiger partial charge is 0.227 e. The van der Waals surface area contributed by atoms with Gasteiger partial charge in [0.25, 0.3) is 0 Å². The number of benzene rings is 1. The molecule has 9 heteroatoms. The first kappa shape index (κ1) is 26.3. The third-order valence-corrected chi connectivity index (χ3v) is 8.89. The summed E-state index contributed by atoms with van der Waals surface area (Å²) in [7, 11) is 0. The van der Waals surface area contributed by atoms with E-state index in [0.29, 0.717) is 24.1 Å². The Kier molecular flexibility index (Phi) is 8.44. The molecule has 3 fully saturated rings. The summed E-state index contributed by atoms with van der Waals surface area (Å²) < 4.78 is 8.18. The van der Waals surface area contributed by atoms with Crippen molar-refractivity contribution >= 4 is 22.9 Å². The van der Waals surface area contributed by atoms with Crippen LogP contribution in [0.1, 0.15) is 83.1 Å². The van der Waals surface area contributed by atoms with Crippen molar-refractivity contribution in [1.29, 1.82) is 0 Å². The molecule has 3 aromatic rings. The Balaban J connectivity index is 1.08. The zero-order chi connectivity index (χ0) is 26.4. The average molecular weight is 533 g/mol. The Bertz CT molecular complexity index is 1180. The maximum absolute atomic E-state index is 6.14. The lowest BCUT2D eigenvalue weighted by Gasteiger charge is -2.32. The molecule has 6 rings (SSSR count). The van der Waals surface area contributed by atoms with Gasteiger partial charge in [0.05, 0.1) is 12.9 Å². The van der Waals surface area contributed by atoms with Gasteiger partial charge in [0, 0.05) is 31.2 Å². The minimum atomic E-state index is 0.326. The molecule has 3 heterocycles. The number of hydrogen-bond donors (Lipinski definition) is 3. The third kappa shape index (κ3) is 6.64. The van der Waals surface area contributed by atoms with Crippen molar-refractivity contribution in [3.8, 4) is 5.75 Å². The molecule has 0 spiro atoms. The maximum atomic E-state index is 6.14. The first-order valence-electron chi connectivity index (χ1n) is 15.2. The molecule has 2 saturated carbocycles. The molecule has 1 aromatic carbocycles. The molecular formula is C30H44N8O. The van der Waals surface area contributed by atoms with E-state index in [-0.39, 0.29) is 0 Å². The Hall–Kier alpha value is -2.91. The fourth-order valence-electron chi connectivity index (χ4n) is 6.52. The van der Waals surface area contributed by atoms with E-state index in [1.807, 2.05) is 36.7 Å². The second-order valence-electron chi connectivity index (χ2n) is 11.8. The summed E-state index contributed by atoms with van der Waals surface area (Å²) in [6.07, 6.45) is 15.8. The number of hydrogen-bond acceptors (Lipinski definition) is 8. The SMILES string of the molecule is NC1CCC(Nc2nc(NN3CCC(CCCOc4ccccc4)CC3)c3ncn(C4CCCC4)c3n2)CC1. The van der Waals surface area contributed by atoms with Crippen LogP contribution in [0.25, 0.3) is 11.2 Å². The summed E-state index contributed by atoms with van der Waals surface area (Å²) in [6, 6.07) is 11.3. The number of hydrazine groups is 1. The molecule has 210 valence electrons. The van der Waals surface area contributed by atoms with Crippen molar-refractivity contribution in [2.24, 2.45) is 11.7 Å². The topological polar surface area (TPSA) is 106 Å². The summed E-state index contributed by atoms with van der Waals surface area (Å²) in [4.78, 5) is 14.8. The van der Waals surface area contributed by atoms with Gasteiger partial charge >= 0.3 is 0 Å². The van der Waals surface area contributed by atoms with Gasteiger partial charge in [-0.2, -0.15) is 9.97 Å². The molecule has 0 radical (unpaired) electrons. The Labute approximate surface area is 231 Å². The van der Waals surface area contributed by atoms with Gasteiger partial charge in [0.2, 0.25) is 5.95 Å². The summed E-state index contributed by atoms with van der Waals surface area (Å²) in [5, 5.41) is 5.95. The normalized spacial score (nSPS) is 23.3. The van der Waals surface area contributed by atoms with Crippen molar-refractivity contribution in [3.05, 3.63) is 36.7 Å². The van der Waals surface area contributed by atoms with E-state index < -0.39 is 0 Å². The number of aromatic nitrogens is 4. The number of imidazole rings is 1. The molecular weight excluding hydrogens is 488 g/mol. The van der Waals surface area contributed by atoms with E-state index in [9.17, 15) is 0 Å². The molecule has 3 aliphatic rings. The molecule has 2 aromatic heterocycles. The number of nitrogens with one attached hydrogen (secondary N) is 2. The molecule has 0 bridgehead atoms. The fourth-order valence-corrected chi connectivity index (χ4v) is 6.52. The van der Waals surface area contributed by atoms with E-state index in [1.54, 1.807) is 0 Å². The van der Waals surface area contributed by atoms with Gasteiger partial charge < -0.3 is 25.8 Å². The van der Waals surface area contributed by atoms with Crippen LogP contribution in [0.2, 0.25) is 0 Å². The highest BCUT2D eigenvalue weighted by atomic mass is 16.5. The lowest BCUT2D eigenvalue weighted by molar-refractivity contribution is 0.198. The predicted molar refractivity (Wildman–Crippen MR) is 156 cm³/mol. The van der Waals surface area contributed by atoms with E-state index in [4.69, 9.17) is 25.4 Å². The van der Waals surface area contributed by atoms with Crippen LogP contribution in [-0.4, -0.2) is 56.3 Å². The lowest BCUT2D eigenvalue weighted by Crippen LogP contribution is -2.38. The number of ether oxygens (including phenoxy) is 1. The van der Waals surface area contributed by atoms with Gasteiger partial charge in [0.15, 0.2) is 17.0 Å². The van der Waals surface area contributed by atoms with Gasteiger partial charge in [-0.3, -0.25) is 0 Å².